The van der Waals surface area contributed by atoms with Crippen molar-refractivity contribution in [2.45, 2.75) is 18.4 Å². The predicted octanol–water partition coefficient (Wildman–Crippen LogP) is 0.527. The number of rotatable bonds is 4. The Morgan fingerprint density at radius 2 is 1.96 bits per heavy atom. The number of nitrogens with two attached hydrogens (primary N) is 1. The third kappa shape index (κ3) is 2.94. The average molecular weight is 380 g/mol. The molecule has 2 fully saturated rings. The Bertz CT molecular complexity index is 909. The quantitative estimate of drug-likeness (QED) is 0.663. The van der Waals surface area contributed by atoms with Gasteiger partial charge in [0.15, 0.2) is 5.54 Å². The van der Waals surface area contributed by atoms with Crippen molar-refractivity contribution < 1.29 is 14.4 Å². The van der Waals surface area contributed by atoms with E-state index in [4.69, 9.17) is 5.73 Å². The van der Waals surface area contributed by atoms with Crippen LogP contribution in [0.2, 0.25) is 0 Å². The molecule has 4 heterocycles. The van der Waals surface area contributed by atoms with E-state index < -0.39 is 17.5 Å². The second-order valence-electron chi connectivity index (χ2n) is 6.99. The summed E-state index contributed by atoms with van der Waals surface area (Å²) in [4.78, 5) is 46.4. The van der Waals surface area contributed by atoms with E-state index in [0.29, 0.717) is 37.1 Å². The molecule has 1 atom stereocenters. The van der Waals surface area contributed by atoms with Crippen LogP contribution in [0.15, 0.2) is 42.9 Å². The SMILES string of the molecule is NC(=O)c1ccc(N2CCC([C@]3(c4cccnc4)NC(=O)NC3=O)CC2)nc1. The lowest BCUT2D eigenvalue weighted by molar-refractivity contribution is -0.126. The maximum absolute atomic E-state index is 12.8. The van der Waals surface area contributed by atoms with E-state index in [2.05, 4.69) is 25.5 Å². The van der Waals surface area contributed by atoms with Crippen molar-refractivity contribution >= 4 is 23.7 Å². The number of imide groups is 1. The minimum atomic E-state index is -1.11. The van der Waals surface area contributed by atoms with E-state index in [-0.39, 0.29) is 11.8 Å². The molecule has 2 aromatic rings. The summed E-state index contributed by atoms with van der Waals surface area (Å²) in [6.45, 7) is 1.33. The summed E-state index contributed by atoms with van der Waals surface area (Å²) >= 11 is 0. The van der Waals surface area contributed by atoms with Crippen molar-refractivity contribution in [2.24, 2.45) is 11.7 Å². The van der Waals surface area contributed by atoms with Crippen LogP contribution in [0, 0.1) is 5.92 Å². The van der Waals surface area contributed by atoms with E-state index in [1.54, 1.807) is 30.6 Å². The van der Waals surface area contributed by atoms with Crippen molar-refractivity contribution in [3.63, 3.8) is 0 Å². The van der Waals surface area contributed by atoms with Crippen LogP contribution in [0.1, 0.15) is 28.8 Å². The number of carbonyl (C=O) groups is 3. The Balaban J connectivity index is 1.55. The highest BCUT2D eigenvalue weighted by atomic mass is 16.2. The summed E-state index contributed by atoms with van der Waals surface area (Å²) in [5.74, 6) is -0.185. The fourth-order valence-corrected chi connectivity index (χ4v) is 4.05. The lowest BCUT2D eigenvalue weighted by atomic mass is 9.73. The molecule has 9 nitrogen and oxygen atoms in total. The number of hydrogen-bond acceptors (Lipinski definition) is 6. The standard InChI is InChI=1S/C19H20N6O3/c20-16(26)12-3-4-15(22-10-12)25-8-5-13(6-9-25)19(14-2-1-7-21-11-14)17(27)23-18(28)24-19/h1-4,7,10-11,13H,5-6,8-9H2,(H2,20,26)(H2,23,24,27,28)/t19-/m1/s1. The van der Waals surface area contributed by atoms with Gasteiger partial charge in [0.2, 0.25) is 5.91 Å². The topological polar surface area (TPSA) is 130 Å². The molecular formula is C19H20N6O3. The molecule has 0 spiro atoms. The van der Waals surface area contributed by atoms with Crippen LogP contribution >= 0.6 is 0 Å². The highest BCUT2D eigenvalue weighted by Gasteiger charge is 2.53. The first-order valence-electron chi connectivity index (χ1n) is 9.05. The molecule has 2 aliphatic heterocycles. The van der Waals surface area contributed by atoms with Gasteiger partial charge >= 0.3 is 6.03 Å². The Labute approximate surface area is 161 Å². The Hall–Kier alpha value is -3.49. The second-order valence-corrected chi connectivity index (χ2v) is 6.99. The lowest BCUT2D eigenvalue weighted by Crippen LogP contribution is -2.53. The minimum Gasteiger partial charge on any atom is -0.366 e. The Morgan fingerprint density at radius 1 is 1.18 bits per heavy atom. The van der Waals surface area contributed by atoms with Crippen LogP contribution in [0.4, 0.5) is 10.6 Å². The molecule has 0 aliphatic carbocycles. The van der Waals surface area contributed by atoms with Gasteiger partial charge in [-0.25, -0.2) is 9.78 Å². The zero-order chi connectivity index (χ0) is 19.7. The first-order valence-corrected chi connectivity index (χ1v) is 9.05. The van der Waals surface area contributed by atoms with Crippen LogP contribution in [0.25, 0.3) is 0 Å². The van der Waals surface area contributed by atoms with E-state index in [1.165, 1.54) is 6.20 Å². The third-order valence-electron chi connectivity index (χ3n) is 5.48. The van der Waals surface area contributed by atoms with Crippen molar-refractivity contribution in [3.05, 3.63) is 54.0 Å². The third-order valence-corrected chi connectivity index (χ3v) is 5.48. The molecule has 4 rings (SSSR count). The predicted molar refractivity (Wildman–Crippen MR) is 100 cm³/mol. The normalized spacial score (nSPS) is 22.6. The van der Waals surface area contributed by atoms with Gasteiger partial charge in [-0.05, 0) is 37.0 Å². The molecule has 28 heavy (non-hydrogen) atoms. The largest absolute Gasteiger partial charge is 0.366 e. The molecule has 9 heteroatoms. The van der Waals surface area contributed by atoms with Crippen molar-refractivity contribution in [1.29, 1.82) is 0 Å². The van der Waals surface area contributed by atoms with Gasteiger partial charge in [0.05, 0.1) is 5.56 Å². The molecule has 144 valence electrons. The minimum absolute atomic E-state index is 0.0794. The van der Waals surface area contributed by atoms with Crippen LogP contribution in [-0.4, -0.2) is 40.9 Å². The molecule has 0 saturated carbocycles. The first kappa shape index (κ1) is 17.9. The molecule has 0 unspecified atom stereocenters. The van der Waals surface area contributed by atoms with Crippen molar-refractivity contribution in [2.75, 3.05) is 18.0 Å². The van der Waals surface area contributed by atoms with E-state index in [0.717, 1.165) is 5.82 Å². The fraction of sp³-hybridized carbons (Fsp3) is 0.316. The first-order chi connectivity index (χ1) is 13.5. The summed E-state index contributed by atoms with van der Waals surface area (Å²) in [5, 5.41) is 5.23. The number of aromatic nitrogens is 2. The highest BCUT2D eigenvalue weighted by Crippen LogP contribution is 2.39. The van der Waals surface area contributed by atoms with Crippen molar-refractivity contribution in [3.8, 4) is 0 Å². The fourth-order valence-electron chi connectivity index (χ4n) is 4.05. The van der Waals surface area contributed by atoms with E-state index >= 15 is 0 Å². The molecule has 2 saturated heterocycles. The summed E-state index contributed by atoms with van der Waals surface area (Å²) in [6, 6.07) is 6.50. The molecule has 2 aromatic heterocycles. The number of amides is 4. The van der Waals surface area contributed by atoms with Gasteiger partial charge < -0.3 is 16.0 Å². The number of pyridine rings is 2. The Morgan fingerprint density at radius 3 is 2.50 bits per heavy atom. The number of piperidine rings is 1. The average Bonchev–Trinajstić information content (AvgIpc) is 3.03. The molecule has 4 N–H and O–H groups in total. The maximum Gasteiger partial charge on any atom is 0.322 e. The van der Waals surface area contributed by atoms with Crippen LogP contribution in [-0.2, 0) is 10.3 Å². The lowest BCUT2D eigenvalue weighted by Gasteiger charge is -2.41. The van der Waals surface area contributed by atoms with E-state index in [1.807, 2.05) is 6.07 Å². The van der Waals surface area contributed by atoms with Gasteiger partial charge in [0.25, 0.3) is 5.91 Å². The second kappa shape index (κ2) is 6.91. The van der Waals surface area contributed by atoms with Crippen LogP contribution in [0.3, 0.4) is 0 Å². The molecule has 4 amide bonds. The van der Waals surface area contributed by atoms with Gasteiger partial charge in [-0.15, -0.1) is 0 Å². The van der Waals surface area contributed by atoms with Gasteiger partial charge in [-0.3, -0.25) is 19.9 Å². The molecule has 2 aliphatic rings. The van der Waals surface area contributed by atoms with Crippen LogP contribution < -0.4 is 21.3 Å². The number of nitrogens with one attached hydrogen (secondary N) is 2. The zero-order valence-electron chi connectivity index (χ0n) is 15.1. The van der Waals surface area contributed by atoms with Gasteiger partial charge in [-0.2, -0.15) is 0 Å². The van der Waals surface area contributed by atoms with Gasteiger partial charge in [0.1, 0.15) is 5.82 Å². The maximum atomic E-state index is 12.8. The highest BCUT2D eigenvalue weighted by molar-refractivity contribution is 6.07. The Kier molecular flexibility index (Phi) is 4.42. The zero-order valence-corrected chi connectivity index (χ0v) is 15.1. The number of anilines is 1. The summed E-state index contributed by atoms with van der Waals surface area (Å²) in [7, 11) is 0. The number of hydrogen-bond donors (Lipinski definition) is 3. The number of urea groups is 1. The van der Waals surface area contributed by atoms with Gasteiger partial charge in [-0.1, -0.05) is 6.07 Å². The molecule has 0 aromatic carbocycles. The molecule has 0 bridgehead atoms. The molecule has 0 radical (unpaired) electrons. The smallest absolute Gasteiger partial charge is 0.322 e. The summed E-state index contributed by atoms with van der Waals surface area (Å²) < 4.78 is 0. The van der Waals surface area contributed by atoms with Crippen LogP contribution in [0.5, 0.6) is 0 Å². The number of carbonyl (C=O) groups excluding carboxylic acids is 3. The van der Waals surface area contributed by atoms with E-state index in [9.17, 15) is 14.4 Å². The molecular weight excluding hydrogens is 360 g/mol. The van der Waals surface area contributed by atoms with Crippen molar-refractivity contribution in [1.82, 2.24) is 20.6 Å². The summed E-state index contributed by atoms with van der Waals surface area (Å²) in [5.41, 5.74) is 5.19. The summed E-state index contributed by atoms with van der Waals surface area (Å²) in [6.07, 6.45) is 6.09. The number of primary amides is 1. The van der Waals surface area contributed by atoms with Gasteiger partial charge in [0, 0.05) is 37.2 Å². The number of nitrogens with zero attached hydrogens (tertiary/aromatic N) is 3. The monoisotopic (exact) mass is 380 g/mol.